The van der Waals surface area contributed by atoms with Crippen LogP contribution in [-0.4, -0.2) is 23.2 Å². The van der Waals surface area contributed by atoms with Gasteiger partial charge in [0.15, 0.2) is 5.78 Å². The van der Waals surface area contributed by atoms with Crippen LogP contribution in [0.3, 0.4) is 0 Å². The number of primary amides is 1. The predicted octanol–water partition coefficient (Wildman–Crippen LogP) is 2.92. The highest BCUT2D eigenvalue weighted by Gasteiger charge is 2.58. The fraction of sp³-hybridized carbons (Fsp3) is 0.833. The number of hydrogen-bond acceptors (Lipinski definition) is 5. The second-order valence-electron chi connectivity index (χ2n) is 11.1. The lowest BCUT2D eigenvalue weighted by atomic mass is 9.49. The van der Waals surface area contributed by atoms with E-state index in [4.69, 9.17) is 17.3 Å². The van der Waals surface area contributed by atoms with E-state index in [9.17, 15) is 9.59 Å². The smallest absolute Gasteiger partial charge is 0.266 e. The molecule has 0 bridgehead atoms. The third kappa shape index (κ3) is 3.76. The summed E-state index contributed by atoms with van der Waals surface area (Å²) in [6.45, 7) is 4.88. The predicted molar refractivity (Wildman–Crippen MR) is 117 cm³/mol. The first-order valence-corrected chi connectivity index (χ1v) is 12.0. The van der Waals surface area contributed by atoms with Crippen molar-refractivity contribution >= 4 is 11.7 Å². The maximum atomic E-state index is 13.2. The first-order valence-electron chi connectivity index (χ1n) is 12.0. The van der Waals surface area contributed by atoms with E-state index in [-0.39, 0.29) is 29.4 Å². The van der Waals surface area contributed by atoms with E-state index in [1.54, 1.807) is 0 Å². The quantitative estimate of drug-likeness (QED) is 0.362. The monoisotopic (exact) mass is 416 g/mol. The Kier molecular flexibility index (Phi) is 5.90. The molecule has 4 rings (SSSR count). The maximum absolute atomic E-state index is 13.2. The van der Waals surface area contributed by atoms with Crippen molar-refractivity contribution in [2.45, 2.75) is 71.6 Å². The molecule has 4 saturated carbocycles. The summed E-state index contributed by atoms with van der Waals surface area (Å²) in [6, 6.07) is 0. The van der Waals surface area contributed by atoms with Gasteiger partial charge in [0, 0.05) is 12.1 Å². The maximum Gasteiger partial charge on any atom is 0.266 e. The molecule has 0 saturated heterocycles. The minimum atomic E-state index is -0.725. The minimum Gasteiger partial charge on any atom is -0.393 e. The van der Waals surface area contributed by atoms with E-state index in [1.165, 1.54) is 56.2 Å². The highest BCUT2D eigenvalue weighted by molar-refractivity contribution is 5.91. The molecule has 168 valence electrons. The lowest BCUT2D eigenvalue weighted by molar-refractivity contribution is -0.131. The summed E-state index contributed by atoms with van der Waals surface area (Å²) in [5, 5.41) is 1.22. The summed E-state index contributed by atoms with van der Waals surface area (Å²) >= 11 is 0. The molecule has 0 heterocycles. The van der Waals surface area contributed by atoms with Gasteiger partial charge < -0.3 is 16.5 Å². The van der Waals surface area contributed by atoms with E-state index in [1.807, 2.05) is 0 Å². The van der Waals surface area contributed by atoms with E-state index < -0.39 is 5.91 Å². The first kappa shape index (κ1) is 21.7. The van der Waals surface area contributed by atoms with E-state index in [2.05, 4.69) is 13.8 Å². The van der Waals surface area contributed by atoms with Crippen LogP contribution in [0, 0.1) is 46.8 Å². The zero-order valence-corrected chi connectivity index (χ0v) is 18.7. The number of rotatable bonds is 5. The molecular formula is C24H40N4O2. The summed E-state index contributed by atoms with van der Waals surface area (Å²) in [6.07, 6.45) is 12.9. The summed E-state index contributed by atoms with van der Waals surface area (Å²) in [5.41, 5.74) is 10.7. The average molecular weight is 417 g/mol. The SMILES string of the molecule is CC1CCC2C(CCC3C2CCC2(C)C(C(=O)CN(N)/C=C(\N)C(N)=O)CCC32)C1. The van der Waals surface area contributed by atoms with E-state index in [0.29, 0.717) is 5.92 Å². The van der Waals surface area contributed by atoms with Gasteiger partial charge in [-0.3, -0.25) is 9.59 Å². The minimum absolute atomic E-state index is 0.0572. The Hall–Kier alpha value is -1.56. The van der Waals surface area contributed by atoms with E-state index >= 15 is 0 Å². The molecule has 30 heavy (non-hydrogen) atoms. The lowest BCUT2D eigenvalue weighted by Gasteiger charge is -2.56. The Bertz CT molecular complexity index is 722. The Labute approximate surface area is 180 Å². The molecule has 6 nitrogen and oxygen atoms in total. The fourth-order valence-corrected chi connectivity index (χ4v) is 8.19. The number of amides is 1. The molecule has 0 radical (unpaired) electrons. The van der Waals surface area contributed by atoms with Crippen molar-refractivity contribution in [2.24, 2.45) is 64.2 Å². The van der Waals surface area contributed by atoms with Crippen LogP contribution in [0.4, 0.5) is 0 Å². The second-order valence-corrected chi connectivity index (χ2v) is 11.1. The number of carbonyl (C=O) groups excluding carboxylic acids is 2. The van der Waals surface area contributed by atoms with Crippen LogP contribution in [0.1, 0.15) is 71.6 Å². The molecule has 4 fully saturated rings. The van der Waals surface area contributed by atoms with Crippen LogP contribution < -0.4 is 17.3 Å². The van der Waals surface area contributed by atoms with Gasteiger partial charge in [-0.25, -0.2) is 5.84 Å². The van der Waals surface area contributed by atoms with Crippen LogP contribution in [-0.2, 0) is 9.59 Å². The molecule has 0 spiro atoms. The molecule has 0 aromatic rings. The van der Waals surface area contributed by atoms with Crippen LogP contribution in [0.5, 0.6) is 0 Å². The van der Waals surface area contributed by atoms with Gasteiger partial charge in [0.25, 0.3) is 5.91 Å². The normalized spacial score (nSPS) is 43.3. The molecule has 6 N–H and O–H groups in total. The molecule has 8 unspecified atom stereocenters. The van der Waals surface area contributed by atoms with E-state index in [0.717, 1.165) is 42.4 Å². The zero-order valence-electron chi connectivity index (χ0n) is 18.7. The highest BCUT2D eigenvalue weighted by atomic mass is 16.1. The van der Waals surface area contributed by atoms with Crippen molar-refractivity contribution in [1.29, 1.82) is 0 Å². The number of ketones is 1. The zero-order chi connectivity index (χ0) is 21.6. The molecule has 6 heteroatoms. The van der Waals surface area contributed by atoms with Gasteiger partial charge in [0.1, 0.15) is 5.70 Å². The first-order chi connectivity index (χ1) is 14.2. The molecule has 4 aliphatic carbocycles. The molecule has 4 aliphatic rings. The Morgan fingerprint density at radius 2 is 1.73 bits per heavy atom. The number of Topliss-reactive ketones (excluding diaryl/α,β-unsaturated/α-hetero) is 1. The largest absolute Gasteiger partial charge is 0.393 e. The topological polar surface area (TPSA) is 115 Å². The molecule has 8 atom stereocenters. The summed E-state index contributed by atoms with van der Waals surface area (Å²) in [7, 11) is 0. The molecule has 1 amide bonds. The highest BCUT2D eigenvalue weighted by Crippen LogP contribution is 2.64. The van der Waals surface area contributed by atoms with Gasteiger partial charge in [-0.2, -0.15) is 0 Å². The van der Waals surface area contributed by atoms with Crippen molar-refractivity contribution < 1.29 is 9.59 Å². The number of fused-ring (bicyclic) bond motifs is 5. The number of hydrazine groups is 1. The summed E-state index contributed by atoms with van der Waals surface area (Å²) in [4.78, 5) is 24.3. The Morgan fingerprint density at radius 3 is 2.47 bits per heavy atom. The summed E-state index contributed by atoms with van der Waals surface area (Å²) < 4.78 is 0. The third-order valence-electron chi connectivity index (χ3n) is 9.53. The summed E-state index contributed by atoms with van der Waals surface area (Å²) in [5.74, 6) is 10.6. The van der Waals surface area contributed by atoms with Gasteiger partial charge in [-0.1, -0.05) is 20.3 Å². The lowest BCUT2D eigenvalue weighted by Crippen LogP contribution is -2.50. The Balaban J connectivity index is 1.44. The third-order valence-corrected chi connectivity index (χ3v) is 9.53. The number of hydrogen-bond donors (Lipinski definition) is 3. The Morgan fingerprint density at radius 1 is 1.00 bits per heavy atom. The van der Waals surface area contributed by atoms with Crippen molar-refractivity contribution in [3.05, 3.63) is 11.9 Å². The van der Waals surface area contributed by atoms with Gasteiger partial charge in [-0.05, 0) is 92.3 Å². The van der Waals surface area contributed by atoms with Crippen LogP contribution in [0.25, 0.3) is 0 Å². The van der Waals surface area contributed by atoms with Gasteiger partial charge in [0.2, 0.25) is 0 Å². The number of nitrogens with two attached hydrogens (primary N) is 3. The van der Waals surface area contributed by atoms with Crippen molar-refractivity contribution in [1.82, 2.24) is 5.01 Å². The standard InChI is InChI=1S/C24H40N4O2/c1-14-3-5-16-15(11-14)4-6-18-17(16)9-10-24(2)19(18)7-8-20(24)22(29)13-28(27)12-21(25)23(26)30/h12,14-20H,3-11,13,25,27H2,1-2H3,(H2,26,30)/b21-12-. The molecule has 0 aromatic carbocycles. The van der Waals surface area contributed by atoms with Gasteiger partial charge >= 0.3 is 0 Å². The van der Waals surface area contributed by atoms with Crippen molar-refractivity contribution in [2.75, 3.05) is 6.54 Å². The van der Waals surface area contributed by atoms with Crippen LogP contribution >= 0.6 is 0 Å². The molecule has 0 aliphatic heterocycles. The average Bonchev–Trinajstić information content (AvgIpc) is 3.04. The number of carbonyl (C=O) groups is 2. The van der Waals surface area contributed by atoms with Gasteiger partial charge in [0.05, 0.1) is 6.54 Å². The fourth-order valence-electron chi connectivity index (χ4n) is 8.19. The van der Waals surface area contributed by atoms with Crippen molar-refractivity contribution in [3.63, 3.8) is 0 Å². The van der Waals surface area contributed by atoms with Crippen LogP contribution in [0.15, 0.2) is 11.9 Å². The van der Waals surface area contributed by atoms with Gasteiger partial charge in [-0.15, -0.1) is 0 Å². The van der Waals surface area contributed by atoms with Crippen molar-refractivity contribution in [3.8, 4) is 0 Å². The molecule has 0 aromatic heterocycles. The molecular weight excluding hydrogens is 376 g/mol. The number of nitrogens with zero attached hydrogens (tertiary/aromatic N) is 1. The van der Waals surface area contributed by atoms with Crippen LogP contribution in [0.2, 0.25) is 0 Å². The second kappa shape index (κ2) is 8.18.